The second-order valence-electron chi connectivity index (χ2n) is 4.11. The van der Waals surface area contributed by atoms with Gasteiger partial charge in [-0.15, -0.1) is 0 Å². The molecule has 2 rings (SSSR count). The van der Waals surface area contributed by atoms with Gasteiger partial charge in [-0.05, 0) is 55.7 Å². The molecule has 0 spiro atoms. The highest BCUT2D eigenvalue weighted by atomic mass is 14.8. The average Bonchev–Trinajstić information content (AvgIpc) is 2.19. The van der Waals surface area contributed by atoms with Crippen molar-refractivity contribution < 1.29 is 0 Å². The molecule has 0 amide bonds. The molecule has 0 saturated heterocycles. The lowest BCUT2D eigenvalue weighted by Gasteiger charge is -2.19. The molecule has 0 radical (unpaired) electrons. The Labute approximate surface area is 86.6 Å². The van der Waals surface area contributed by atoms with Crippen LogP contribution < -0.4 is 5.32 Å². The lowest BCUT2D eigenvalue weighted by Crippen LogP contribution is -2.07. The quantitative estimate of drug-likeness (QED) is 0.667. The first-order valence-corrected chi connectivity index (χ1v) is 5.67. The lowest BCUT2D eigenvalue weighted by molar-refractivity contribution is 0.673. The molecular weight excluding hydrogens is 170 g/mol. The average molecular weight is 189 g/mol. The smallest absolute Gasteiger partial charge is 0.0107 e. The maximum Gasteiger partial charge on any atom is 0.0107 e. The van der Waals surface area contributed by atoms with E-state index >= 15 is 0 Å². The van der Waals surface area contributed by atoms with Crippen LogP contribution in [0.4, 0.5) is 0 Å². The Kier molecular flexibility index (Phi) is 3.07. The van der Waals surface area contributed by atoms with E-state index in [1.807, 2.05) is 7.05 Å². The van der Waals surface area contributed by atoms with Crippen LogP contribution in [0.2, 0.25) is 0 Å². The van der Waals surface area contributed by atoms with Crippen molar-refractivity contribution in [3.8, 4) is 0 Å². The second kappa shape index (κ2) is 4.50. The number of allylic oxidation sites excluding steroid dienone is 6. The summed E-state index contributed by atoms with van der Waals surface area (Å²) in [6.07, 6.45) is 14.7. The number of fused-ring (bicyclic) bond motifs is 1. The fourth-order valence-electron chi connectivity index (χ4n) is 2.27. The zero-order chi connectivity index (χ0) is 9.80. The summed E-state index contributed by atoms with van der Waals surface area (Å²) in [4.78, 5) is 0. The molecule has 1 heteroatoms. The van der Waals surface area contributed by atoms with Crippen molar-refractivity contribution in [2.45, 2.75) is 38.5 Å². The molecule has 0 aliphatic heterocycles. The van der Waals surface area contributed by atoms with Crippen LogP contribution in [-0.2, 0) is 0 Å². The zero-order valence-electron chi connectivity index (χ0n) is 8.97. The maximum atomic E-state index is 3.25. The van der Waals surface area contributed by atoms with Gasteiger partial charge < -0.3 is 5.32 Å². The van der Waals surface area contributed by atoms with E-state index in [4.69, 9.17) is 0 Å². The Morgan fingerprint density at radius 1 is 1.00 bits per heavy atom. The summed E-state index contributed by atoms with van der Waals surface area (Å²) < 4.78 is 0. The highest BCUT2D eigenvalue weighted by molar-refractivity contribution is 5.37. The van der Waals surface area contributed by atoms with Crippen LogP contribution in [0.5, 0.6) is 0 Å². The van der Waals surface area contributed by atoms with E-state index in [0.29, 0.717) is 0 Å². The Hall–Kier alpha value is -0.980. The minimum Gasteiger partial charge on any atom is -0.391 e. The summed E-state index contributed by atoms with van der Waals surface area (Å²) in [6.45, 7) is 0. The van der Waals surface area contributed by atoms with Gasteiger partial charge in [0.25, 0.3) is 0 Å². The van der Waals surface area contributed by atoms with Crippen molar-refractivity contribution in [1.82, 2.24) is 5.32 Å². The number of nitrogens with one attached hydrogen (secondary N) is 1. The topological polar surface area (TPSA) is 12.0 Å². The van der Waals surface area contributed by atoms with E-state index in [9.17, 15) is 0 Å². The second-order valence-corrected chi connectivity index (χ2v) is 4.11. The molecule has 0 heterocycles. The minimum atomic E-state index is 1.16. The first-order valence-electron chi connectivity index (χ1n) is 5.67. The molecule has 2 aliphatic carbocycles. The molecule has 0 unspecified atom stereocenters. The van der Waals surface area contributed by atoms with Gasteiger partial charge in [-0.3, -0.25) is 0 Å². The van der Waals surface area contributed by atoms with E-state index in [2.05, 4.69) is 23.5 Å². The van der Waals surface area contributed by atoms with Crippen molar-refractivity contribution >= 4 is 0 Å². The van der Waals surface area contributed by atoms with Crippen LogP contribution in [0.25, 0.3) is 0 Å². The lowest BCUT2D eigenvalue weighted by atomic mass is 9.87. The molecule has 0 atom stereocenters. The van der Waals surface area contributed by atoms with Crippen molar-refractivity contribution in [1.29, 1.82) is 0 Å². The van der Waals surface area contributed by atoms with Gasteiger partial charge in [-0.1, -0.05) is 12.2 Å². The number of rotatable bonds is 1. The third kappa shape index (κ3) is 2.09. The molecule has 1 fully saturated rings. The molecule has 1 nitrogen and oxygen atoms in total. The van der Waals surface area contributed by atoms with Gasteiger partial charge in [-0.25, -0.2) is 0 Å². The van der Waals surface area contributed by atoms with E-state index in [1.54, 1.807) is 11.1 Å². The first kappa shape index (κ1) is 9.57. The van der Waals surface area contributed by atoms with Crippen molar-refractivity contribution in [2.24, 2.45) is 0 Å². The fraction of sp³-hybridized carbons (Fsp3) is 0.538. The predicted molar refractivity (Wildman–Crippen MR) is 61.0 cm³/mol. The van der Waals surface area contributed by atoms with Gasteiger partial charge in [0.15, 0.2) is 0 Å². The van der Waals surface area contributed by atoms with Crippen molar-refractivity contribution in [3.05, 3.63) is 35.1 Å². The van der Waals surface area contributed by atoms with Gasteiger partial charge >= 0.3 is 0 Å². The van der Waals surface area contributed by atoms with Gasteiger partial charge in [0.1, 0.15) is 0 Å². The van der Waals surface area contributed by atoms with Crippen LogP contribution >= 0.6 is 0 Å². The van der Waals surface area contributed by atoms with Gasteiger partial charge in [0.2, 0.25) is 0 Å². The third-order valence-corrected chi connectivity index (χ3v) is 3.17. The predicted octanol–water partition coefficient (Wildman–Crippen LogP) is 3.31. The van der Waals surface area contributed by atoms with Crippen LogP contribution in [0.15, 0.2) is 35.1 Å². The monoisotopic (exact) mass is 189 g/mol. The summed E-state index contributed by atoms with van der Waals surface area (Å²) in [5, 5.41) is 3.25. The minimum absolute atomic E-state index is 1.16. The van der Waals surface area contributed by atoms with Crippen molar-refractivity contribution in [3.63, 3.8) is 0 Å². The molecule has 2 aliphatic rings. The molecule has 0 bridgehead atoms. The summed E-state index contributed by atoms with van der Waals surface area (Å²) in [6, 6.07) is 0. The van der Waals surface area contributed by atoms with E-state index in [0.717, 1.165) is 6.42 Å². The summed E-state index contributed by atoms with van der Waals surface area (Å²) in [5.41, 5.74) is 4.55. The zero-order valence-corrected chi connectivity index (χ0v) is 8.97. The molecule has 0 aromatic heterocycles. The van der Waals surface area contributed by atoms with Crippen molar-refractivity contribution in [2.75, 3.05) is 7.05 Å². The molecule has 0 aromatic carbocycles. The van der Waals surface area contributed by atoms with E-state index in [-0.39, 0.29) is 0 Å². The Morgan fingerprint density at radius 3 is 2.57 bits per heavy atom. The Balaban J connectivity index is 2.21. The molecule has 0 aromatic rings. The standard InChI is InChI=1S/C13H19N/c1-14-13-8-4-7-11-5-2-3-6-12(11)9-10-13/h7,9-10,14H,2-6,8H2,1H3/b11-7-,12-9-,13-10+. The van der Waals surface area contributed by atoms with Gasteiger partial charge in [0, 0.05) is 12.7 Å². The largest absolute Gasteiger partial charge is 0.391 e. The van der Waals surface area contributed by atoms with Crippen LogP contribution in [0, 0.1) is 0 Å². The molecular formula is C13H19N. The normalized spacial score (nSPS) is 33.4. The number of hydrogen-bond acceptors (Lipinski definition) is 1. The molecule has 1 N–H and O–H groups in total. The fourth-order valence-corrected chi connectivity index (χ4v) is 2.27. The van der Waals surface area contributed by atoms with Crippen LogP contribution in [0.3, 0.4) is 0 Å². The highest BCUT2D eigenvalue weighted by Gasteiger charge is 2.11. The Morgan fingerprint density at radius 2 is 1.79 bits per heavy atom. The maximum absolute atomic E-state index is 3.25. The van der Waals surface area contributed by atoms with Crippen LogP contribution in [-0.4, -0.2) is 7.05 Å². The Bertz CT molecular complexity index is 294. The van der Waals surface area contributed by atoms with Gasteiger partial charge in [-0.2, -0.15) is 0 Å². The number of hydrogen-bond donors (Lipinski definition) is 1. The summed E-state index contributed by atoms with van der Waals surface area (Å²) >= 11 is 0. The molecule has 14 heavy (non-hydrogen) atoms. The highest BCUT2D eigenvalue weighted by Crippen LogP contribution is 2.30. The van der Waals surface area contributed by atoms with E-state index in [1.165, 1.54) is 37.8 Å². The van der Waals surface area contributed by atoms with Gasteiger partial charge in [0.05, 0.1) is 0 Å². The SMILES string of the molecule is CN/C1=C/C=C2/CCCC/C2=C/CC1. The summed E-state index contributed by atoms with van der Waals surface area (Å²) in [5.74, 6) is 0. The first-order chi connectivity index (χ1) is 6.90. The molecule has 76 valence electrons. The molecule has 1 saturated carbocycles. The summed E-state index contributed by atoms with van der Waals surface area (Å²) in [7, 11) is 2.01. The van der Waals surface area contributed by atoms with E-state index < -0.39 is 0 Å². The third-order valence-electron chi connectivity index (χ3n) is 3.17. The van der Waals surface area contributed by atoms with Crippen LogP contribution in [0.1, 0.15) is 38.5 Å².